The standard InChI is InChI=1S/C16H24N2O3S/c1-2-3-4-5-11-17-16(19)14-7-9-15(10-8-14)18-12-6-13-22(18,20)21/h7-10H,2-6,11-13H2,1H3,(H,17,19). The quantitative estimate of drug-likeness (QED) is 0.784. The Morgan fingerprint density at radius 1 is 1.18 bits per heavy atom. The molecule has 1 fully saturated rings. The second-order valence-electron chi connectivity index (χ2n) is 5.61. The third-order valence-electron chi connectivity index (χ3n) is 3.83. The number of amides is 1. The maximum Gasteiger partial charge on any atom is 0.251 e. The molecular formula is C16H24N2O3S. The van der Waals surface area contributed by atoms with Crippen LogP contribution >= 0.6 is 0 Å². The van der Waals surface area contributed by atoms with Crippen molar-refractivity contribution in [1.29, 1.82) is 0 Å². The van der Waals surface area contributed by atoms with Gasteiger partial charge in [0.25, 0.3) is 5.91 Å². The SMILES string of the molecule is CCCCCCNC(=O)c1ccc(N2CCCS2(=O)=O)cc1. The first-order valence-electron chi connectivity index (χ1n) is 7.93. The van der Waals surface area contributed by atoms with Gasteiger partial charge >= 0.3 is 0 Å². The maximum absolute atomic E-state index is 12.0. The Morgan fingerprint density at radius 2 is 1.91 bits per heavy atom. The Labute approximate surface area is 132 Å². The Kier molecular flexibility index (Phi) is 5.83. The second kappa shape index (κ2) is 7.63. The number of benzene rings is 1. The summed E-state index contributed by atoms with van der Waals surface area (Å²) in [4.78, 5) is 12.0. The van der Waals surface area contributed by atoms with Crippen LogP contribution in [0.15, 0.2) is 24.3 Å². The predicted octanol–water partition coefficient (Wildman–Crippen LogP) is 2.54. The Morgan fingerprint density at radius 3 is 2.50 bits per heavy atom. The summed E-state index contributed by atoms with van der Waals surface area (Å²) in [6, 6.07) is 6.78. The number of hydrogen-bond donors (Lipinski definition) is 1. The van der Waals surface area contributed by atoms with Crippen LogP contribution in [0.3, 0.4) is 0 Å². The molecule has 1 aliphatic rings. The van der Waals surface area contributed by atoms with Gasteiger partial charge in [0.2, 0.25) is 10.0 Å². The van der Waals surface area contributed by atoms with Crippen molar-refractivity contribution in [3.8, 4) is 0 Å². The van der Waals surface area contributed by atoms with E-state index >= 15 is 0 Å². The monoisotopic (exact) mass is 324 g/mol. The molecule has 22 heavy (non-hydrogen) atoms. The third-order valence-corrected chi connectivity index (χ3v) is 5.70. The van der Waals surface area contributed by atoms with E-state index in [1.165, 1.54) is 17.1 Å². The zero-order valence-corrected chi connectivity index (χ0v) is 13.9. The number of carbonyl (C=O) groups is 1. The highest BCUT2D eigenvalue weighted by Gasteiger charge is 2.28. The Hall–Kier alpha value is -1.56. The molecular weight excluding hydrogens is 300 g/mol. The molecule has 0 saturated carbocycles. The number of nitrogens with one attached hydrogen (secondary N) is 1. The molecule has 6 heteroatoms. The van der Waals surface area contributed by atoms with Crippen molar-refractivity contribution < 1.29 is 13.2 Å². The van der Waals surface area contributed by atoms with Crippen LogP contribution in [-0.2, 0) is 10.0 Å². The van der Waals surface area contributed by atoms with E-state index in [0.717, 1.165) is 12.8 Å². The molecule has 0 atom stereocenters. The van der Waals surface area contributed by atoms with Crippen LogP contribution in [0.5, 0.6) is 0 Å². The van der Waals surface area contributed by atoms with Crippen LogP contribution in [0.2, 0.25) is 0 Å². The molecule has 1 aromatic rings. The van der Waals surface area contributed by atoms with E-state index in [2.05, 4.69) is 12.2 Å². The number of unbranched alkanes of at least 4 members (excludes halogenated alkanes) is 3. The molecule has 5 nitrogen and oxygen atoms in total. The van der Waals surface area contributed by atoms with Crippen molar-refractivity contribution in [2.24, 2.45) is 0 Å². The summed E-state index contributed by atoms with van der Waals surface area (Å²) in [7, 11) is -3.16. The van der Waals surface area contributed by atoms with Crippen LogP contribution in [0.4, 0.5) is 5.69 Å². The largest absolute Gasteiger partial charge is 0.352 e. The van der Waals surface area contributed by atoms with Gasteiger partial charge in [0.15, 0.2) is 0 Å². The van der Waals surface area contributed by atoms with Crippen molar-refractivity contribution in [3.05, 3.63) is 29.8 Å². The van der Waals surface area contributed by atoms with Gasteiger partial charge in [-0.25, -0.2) is 8.42 Å². The highest BCUT2D eigenvalue weighted by atomic mass is 32.2. The topological polar surface area (TPSA) is 66.5 Å². The van der Waals surface area contributed by atoms with E-state index in [9.17, 15) is 13.2 Å². The van der Waals surface area contributed by atoms with E-state index in [4.69, 9.17) is 0 Å². The normalized spacial score (nSPS) is 16.7. The molecule has 1 aliphatic heterocycles. The van der Waals surface area contributed by atoms with E-state index in [0.29, 0.717) is 30.8 Å². The fraction of sp³-hybridized carbons (Fsp3) is 0.562. The Bertz CT molecular complexity index is 596. The van der Waals surface area contributed by atoms with Gasteiger partial charge in [0.1, 0.15) is 0 Å². The molecule has 0 bridgehead atoms. The zero-order valence-electron chi connectivity index (χ0n) is 13.0. The number of anilines is 1. The lowest BCUT2D eigenvalue weighted by atomic mass is 10.1. The van der Waals surface area contributed by atoms with Gasteiger partial charge in [-0.2, -0.15) is 0 Å². The highest BCUT2D eigenvalue weighted by Crippen LogP contribution is 2.24. The molecule has 1 N–H and O–H groups in total. The first-order chi connectivity index (χ1) is 10.5. The summed E-state index contributed by atoms with van der Waals surface area (Å²) in [5.41, 5.74) is 1.20. The molecule has 1 heterocycles. The Balaban J connectivity index is 1.90. The summed E-state index contributed by atoms with van der Waals surface area (Å²) in [5.74, 6) is 0.0971. The molecule has 2 rings (SSSR count). The van der Waals surface area contributed by atoms with Crippen LogP contribution in [0, 0.1) is 0 Å². The van der Waals surface area contributed by atoms with Gasteiger partial charge < -0.3 is 5.32 Å². The number of hydrogen-bond acceptors (Lipinski definition) is 3. The third kappa shape index (κ3) is 4.22. The summed E-state index contributed by atoms with van der Waals surface area (Å²) >= 11 is 0. The fourth-order valence-corrected chi connectivity index (χ4v) is 4.13. The van der Waals surface area contributed by atoms with E-state index in [1.807, 2.05) is 0 Å². The smallest absolute Gasteiger partial charge is 0.251 e. The molecule has 0 unspecified atom stereocenters. The summed E-state index contributed by atoms with van der Waals surface area (Å²) in [5, 5.41) is 2.89. The number of carbonyl (C=O) groups excluding carboxylic acids is 1. The minimum absolute atomic E-state index is 0.104. The van der Waals surface area contributed by atoms with Crippen molar-refractivity contribution in [2.45, 2.75) is 39.0 Å². The molecule has 0 radical (unpaired) electrons. The van der Waals surface area contributed by atoms with Gasteiger partial charge in [0.05, 0.1) is 11.4 Å². The number of sulfonamides is 1. The predicted molar refractivity (Wildman–Crippen MR) is 88.7 cm³/mol. The molecule has 1 saturated heterocycles. The highest BCUT2D eigenvalue weighted by molar-refractivity contribution is 7.93. The van der Waals surface area contributed by atoms with Crippen molar-refractivity contribution >= 4 is 21.6 Å². The van der Waals surface area contributed by atoms with Crippen molar-refractivity contribution in [3.63, 3.8) is 0 Å². The minimum Gasteiger partial charge on any atom is -0.352 e. The van der Waals surface area contributed by atoms with E-state index < -0.39 is 10.0 Å². The summed E-state index contributed by atoms with van der Waals surface area (Å²) in [6.45, 7) is 3.35. The van der Waals surface area contributed by atoms with Gasteiger partial charge in [-0.3, -0.25) is 9.10 Å². The first kappa shape index (κ1) is 16.8. The van der Waals surface area contributed by atoms with Crippen molar-refractivity contribution in [2.75, 3.05) is 23.1 Å². The first-order valence-corrected chi connectivity index (χ1v) is 9.54. The van der Waals surface area contributed by atoms with Crippen LogP contribution in [0.25, 0.3) is 0 Å². The number of nitrogens with zero attached hydrogens (tertiary/aromatic N) is 1. The lowest BCUT2D eigenvalue weighted by molar-refractivity contribution is 0.0953. The van der Waals surface area contributed by atoms with E-state index in [-0.39, 0.29) is 11.7 Å². The molecule has 0 aromatic heterocycles. The van der Waals surface area contributed by atoms with Crippen LogP contribution in [-0.4, -0.2) is 33.2 Å². The lowest BCUT2D eigenvalue weighted by Gasteiger charge is -2.17. The minimum atomic E-state index is -3.16. The van der Waals surface area contributed by atoms with Crippen LogP contribution in [0.1, 0.15) is 49.4 Å². The zero-order chi connectivity index (χ0) is 16.0. The van der Waals surface area contributed by atoms with Crippen LogP contribution < -0.4 is 9.62 Å². The second-order valence-corrected chi connectivity index (χ2v) is 7.62. The average Bonchev–Trinajstić information content (AvgIpc) is 2.86. The maximum atomic E-state index is 12.0. The molecule has 122 valence electrons. The molecule has 1 aromatic carbocycles. The van der Waals surface area contributed by atoms with Gasteiger partial charge in [-0.1, -0.05) is 26.2 Å². The lowest BCUT2D eigenvalue weighted by Crippen LogP contribution is -2.26. The van der Waals surface area contributed by atoms with Gasteiger partial charge in [-0.05, 0) is 37.1 Å². The van der Waals surface area contributed by atoms with Gasteiger partial charge in [-0.15, -0.1) is 0 Å². The fourth-order valence-electron chi connectivity index (χ4n) is 2.56. The summed E-state index contributed by atoms with van der Waals surface area (Å²) < 4.78 is 25.1. The number of rotatable bonds is 7. The molecule has 1 amide bonds. The summed E-state index contributed by atoms with van der Waals surface area (Å²) in [6.07, 6.45) is 5.14. The van der Waals surface area contributed by atoms with Crippen molar-refractivity contribution in [1.82, 2.24) is 5.32 Å². The van der Waals surface area contributed by atoms with E-state index in [1.54, 1.807) is 24.3 Å². The van der Waals surface area contributed by atoms with Gasteiger partial charge in [0, 0.05) is 18.7 Å². The average molecular weight is 324 g/mol. The molecule has 0 spiro atoms. The molecule has 0 aliphatic carbocycles.